The van der Waals surface area contributed by atoms with Gasteiger partial charge in [0.25, 0.3) is 0 Å². The van der Waals surface area contributed by atoms with E-state index in [4.69, 9.17) is 5.73 Å². The molecule has 0 saturated heterocycles. The van der Waals surface area contributed by atoms with Crippen molar-refractivity contribution in [3.8, 4) is 0 Å². The van der Waals surface area contributed by atoms with Gasteiger partial charge in [0.15, 0.2) is 0 Å². The van der Waals surface area contributed by atoms with Crippen molar-refractivity contribution in [2.75, 3.05) is 0 Å². The number of hydrogen-bond donors (Lipinski definition) is 1. The van der Waals surface area contributed by atoms with Crippen molar-refractivity contribution in [1.82, 2.24) is 9.55 Å². The molecule has 0 spiro atoms. The lowest BCUT2D eigenvalue weighted by atomic mass is 9.99. The number of imidazole rings is 1. The van der Waals surface area contributed by atoms with Gasteiger partial charge >= 0.3 is 0 Å². The van der Waals surface area contributed by atoms with E-state index in [0.29, 0.717) is 6.42 Å². The maximum atomic E-state index is 13.2. The Bertz CT molecular complexity index is 792. The Labute approximate surface area is 123 Å². The van der Waals surface area contributed by atoms with Crippen LogP contribution in [0, 0.1) is 12.7 Å². The van der Waals surface area contributed by atoms with Crippen LogP contribution in [0.15, 0.2) is 42.5 Å². The van der Waals surface area contributed by atoms with Crippen LogP contribution in [0.3, 0.4) is 0 Å². The fraction of sp³-hybridized carbons (Fsp3) is 0.235. The molecule has 0 aliphatic heterocycles. The molecule has 3 nitrogen and oxygen atoms in total. The van der Waals surface area contributed by atoms with Crippen molar-refractivity contribution in [1.29, 1.82) is 0 Å². The normalized spacial score (nSPS) is 12.8. The first kappa shape index (κ1) is 13.8. The maximum absolute atomic E-state index is 13.2. The fourth-order valence-corrected chi connectivity index (χ4v) is 2.74. The summed E-state index contributed by atoms with van der Waals surface area (Å²) in [5, 5.41) is 0. The SMILES string of the molecule is Cc1cc(F)ccc1C(N)Cc1nc2ccccc2n1C. The van der Waals surface area contributed by atoms with Crippen molar-refractivity contribution in [2.45, 2.75) is 19.4 Å². The molecule has 1 heterocycles. The number of nitrogens with zero attached hydrogens (tertiary/aromatic N) is 2. The lowest BCUT2D eigenvalue weighted by molar-refractivity contribution is 0.619. The zero-order chi connectivity index (χ0) is 15.0. The third-order valence-electron chi connectivity index (χ3n) is 3.91. The van der Waals surface area contributed by atoms with Gasteiger partial charge in [-0.3, -0.25) is 0 Å². The molecule has 4 heteroatoms. The summed E-state index contributed by atoms with van der Waals surface area (Å²) in [7, 11) is 1.99. The van der Waals surface area contributed by atoms with Gasteiger partial charge in [0, 0.05) is 19.5 Å². The molecule has 2 aromatic carbocycles. The van der Waals surface area contributed by atoms with E-state index < -0.39 is 0 Å². The van der Waals surface area contributed by atoms with Crippen molar-refractivity contribution >= 4 is 11.0 Å². The summed E-state index contributed by atoms with van der Waals surface area (Å²) in [6.07, 6.45) is 0.623. The number of para-hydroxylation sites is 2. The average molecular weight is 283 g/mol. The predicted octanol–water partition coefficient (Wildman–Crippen LogP) is 3.26. The van der Waals surface area contributed by atoms with E-state index in [1.54, 1.807) is 6.07 Å². The molecule has 0 fully saturated rings. The van der Waals surface area contributed by atoms with E-state index in [9.17, 15) is 4.39 Å². The predicted molar refractivity (Wildman–Crippen MR) is 82.5 cm³/mol. The van der Waals surface area contributed by atoms with Crippen LogP contribution in [0.5, 0.6) is 0 Å². The fourth-order valence-electron chi connectivity index (χ4n) is 2.74. The number of aryl methyl sites for hydroxylation is 2. The highest BCUT2D eigenvalue weighted by molar-refractivity contribution is 5.75. The van der Waals surface area contributed by atoms with E-state index in [-0.39, 0.29) is 11.9 Å². The molecule has 0 bridgehead atoms. The molecule has 3 rings (SSSR count). The second kappa shape index (κ2) is 5.30. The van der Waals surface area contributed by atoms with Gasteiger partial charge in [0.05, 0.1) is 11.0 Å². The van der Waals surface area contributed by atoms with Gasteiger partial charge in [-0.1, -0.05) is 18.2 Å². The van der Waals surface area contributed by atoms with Gasteiger partial charge in [0.2, 0.25) is 0 Å². The van der Waals surface area contributed by atoms with Crippen LogP contribution < -0.4 is 5.73 Å². The summed E-state index contributed by atoms with van der Waals surface area (Å²) in [6.45, 7) is 1.88. The standard InChI is InChI=1S/C17H18FN3/c1-11-9-12(18)7-8-13(11)14(19)10-17-20-15-5-3-4-6-16(15)21(17)2/h3-9,14H,10,19H2,1-2H3. The number of hydrogen-bond acceptors (Lipinski definition) is 2. The zero-order valence-corrected chi connectivity index (χ0v) is 12.2. The Morgan fingerprint density at radius 2 is 2.00 bits per heavy atom. The highest BCUT2D eigenvalue weighted by Gasteiger charge is 2.15. The van der Waals surface area contributed by atoms with Gasteiger partial charge in [-0.2, -0.15) is 0 Å². The van der Waals surface area contributed by atoms with Crippen LogP contribution in [0.4, 0.5) is 4.39 Å². The highest BCUT2D eigenvalue weighted by atomic mass is 19.1. The lowest BCUT2D eigenvalue weighted by Crippen LogP contribution is -2.17. The van der Waals surface area contributed by atoms with Gasteiger partial charge < -0.3 is 10.3 Å². The quantitative estimate of drug-likeness (QED) is 0.801. The van der Waals surface area contributed by atoms with E-state index in [0.717, 1.165) is 28.0 Å². The van der Waals surface area contributed by atoms with Crippen molar-refractivity contribution in [2.24, 2.45) is 12.8 Å². The molecule has 108 valence electrons. The topological polar surface area (TPSA) is 43.8 Å². The first-order valence-electron chi connectivity index (χ1n) is 6.98. The molecule has 3 aromatic rings. The number of fused-ring (bicyclic) bond motifs is 1. The Balaban J connectivity index is 1.92. The molecular weight excluding hydrogens is 265 g/mol. The molecule has 21 heavy (non-hydrogen) atoms. The second-order valence-corrected chi connectivity index (χ2v) is 5.39. The van der Waals surface area contributed by atoms with Crippen LogP contribution in [0.25, 0.3) is 11.0 Å². The molecule has 0 aliphatic rings. The van der Waals surface area contributed by atoms with Crippen LogP contribution in [0.1, 0.15) is 23.0 Å². The van der Waals surface area contributed by atoms with Crippen LogP contribution in [-0.4, -0.2) is 9.55 Å². The molecule has 1 unspecified atom stereocenters. The van der Waals surface area contributed by atoms with E-state index in [2.05, 4.69) is 9.55 Å². The minimum absolute atomic E-state index is 0.193. The molecule has 0 radical (unpaired) electrons. The van der Waals surface area contributed by atoms with Crippen molar-refractivity contribution in [3.05, 3.63) is 65.2 Å². The van der Waals surface area contributed by atoms with E-state index >= 15 is 0 Å². The summed E-state index contributed by atoms with van der Waals surface area (Å²) < 4.78 is 15.2. The van der Waals surface area contributed by atoms with Gasteiger partial charge in [-0.05, 0) is 42.3 Å². The molecule has 1 atom stereocenters. The van der Waals surface area contributed by atoms with Crippen LogP contribution in [0.2, 0.25) is 0 Å². The second-order valence-electron chi connectivity index (χ2n) is 5.39. The van der Waals surface area contributed by atoms with Crippen molar-refractivity contribution in [3.63, 3.8) is 0 Å². The number of nitrogens with two attached hydrogens (primary N) is 1. The molecule has 0 aliphatic carbocycles. The van der Waals surface area contributed by atoms with Gasteiger partial charge in [-0.15, -0.1) is 0 Å². The first-order chi connectivity index (χ1) is 10.1. The highest BCUT2D eigenvalue weighted by Crippen LogP contribution is 2.22. The molecule has 2 N–H and O–H groups in total. The molecular formula is C17H18FN3. The van der Waals surface area contributed by atoms with Crippen LogP contribution >= 0.6 is 0 Å². The number of halogens is 1. The Morgan fingerprint density at radius 3 is 2.71 bits per heavy atom. The maximum Gasteiger partial charge on any atom is 0.123 e. The summed E-state index contributed by atoms with van der Waals surface area (Å²) >= 11 is 0. The Morgan fingerprint density at radius 1 is 1.24 bits per heavy atom. The van der Waals surface area contributed by atoms with E-state index in [1.807, 2.05) is 38.2 Å². The summed E-state index contributed by atoms with van der Waals surface area (Å²) in [6, 6.07) is 12.6. The molecule has 0 saturated carbocycles. The van der Waals surface area contributed by atoms with Gasteiger partial charge in [-0.25, -0.2) is 9.37 Å². The third kappa shape index (κ3) is 2.54. The Kier molecular flexibility index (Phi) is 3.47. The third-order valence-corrected chi connectivity index (χ3v) is 3.91. The average Bonchev–Trinajstić information content (AvgIpc) is 2.76. The molecule has 0 amide bonds. The van der Waals surface area contributed by atoms with Crippen molar-refractivity contribution < 1.29 is 4.39 Å². The number of aromatic nitrogens is 2. The summed E-state index contributed by atoms with van der Waals surface area (Å²) in [4.78, 5) is 4.63. The summed E-state index contributed by atoms with van der Waals surface area (Å²) in [5.74, 6) is 0.707. The minimum Gasteiger partial charge on any atom is -0.331 e. The van der Waals surface area contributed by atoms with Gasteiger partial charge in [0.1, 0.15) is 11.6 Å². The summed E-state index contributed by atoms with van der Waals surface area (Å²) in [5.41, 5.74) is 10.2. The number of benzene rings is 2. The number of rotatable bonds is 3. The largest absolute Gasteiger partial charge is 0.331 e. The zero-order valence-electron chi connectivity index (χ0n) is 12.2. The smallest absolute Gasteiger partial charge is 0.123 e. The molecule has 1 aromatic heterocycles. The first-order valence-corrected chi connectivity index (χ1v) is 6.98. The monoisotopic (exact) mass is 283 g/mol. The van der Waals surface area contributed by atoms with Crippen LogP contribution in [-0.2, 0) is 13.5 Å². The minimum atomic E-state index is -0.230. The lowest BCUT2D eigenvalue weighted by Gasteiger charge is -2.14. The Hall–Kier alpha value is -2.20. The van der Waals surface area contributed by atoms with E-state index in [1.165, 1.54) is 12.1 Å².